The number of nitro groups is 1. The van der Waals surface area contributed by atoms with Gasteiger partial charge in [-0.1, -0.05) is 6.07 Å². The van der Waals surface area contributed by atoms with Crippen LogP contribution in [-0.2, 0) is 0 Å². The quantitative estimate of drug-likeness (QED) is 0.182. The van der Waals surface area contributed by atoms with Crippen LogP contribution in [0, 0.1) is 10.1 Å². The SMILES string of the molecule is CC(C)Oc1ccc(N2C(=S)N[C@@H](c3ccccn3)[C@@H]2c2ccc(-c3ccc([N+](=O)[O-])cc3)o2)cc1. The van der Waals surface area contributed by atoms with Crippen LogP contribution in [0.4, 0.5) is 11.4 Å². The predicted molar refractivity (Wildman–Crippen MR) is 141 cm³/mol. The number of anilines is 1. The van der Waals surface area contributed by atoms with Gasteiger partial charge in [0, 0.05) is 29.6 Å². The van der Waals surface area contributed by atoms with Crippen molar-refractivity contribution in [2.24, 2.45) is 0 Å². The highest BCUT2D eigenvalue weighted by Crippen LogP contribution is 2.43. The van der Waals surface area contributed by atoms with Crippen molar-refractivity contribution in [3.8, 4) is 17.1 Å². The summed E-state index contributed by atoms with van der Waals surface area (Å²) in [6.45, 7) is 3.97. The lowest BCUT2D eigenvalue weighted by Crippen LogP contribution is -2.29. The number of hydrogen-bond acceptors (Lipinski definition) is 6. The fourth-order valence-corrected chi connectivity index (χ4v) is 4.64. The highest BCUT2D eigenvalue weighted by atomic mass is 32.1. The normalized spacial score (nSPS) is 17.3. The van der Waals surface area contributed by atoms with Crippen molar-refractivity contribution in [3.63, 3.8) is 0 Å². The van der Waals surface area contributed by atoms with Gasteiger partial charge in [0.1, 0.15) is 23.3 Å². The van der Waals surface area contributed by atoms with Crippen molar-refractivity contribution in [2.75, 3.05) is 4.90 Å². The van der Waals surface area contributed by atoms with Gasteiger partial charge >= 0.3 is 0 Å². The monoisotopic (exact) mass is 500 g/mol. The second kappa shape index (κ2) is 9.79. The number of aromatic nitrogens is 1. The summed E-state index contributed by atoms with van der Waals surface area (Å²) in [4.78, 5) is 17.2. The van der Waals surface area contributed by atoms with Crippen molar-refractivity contribution in [2.45, 2.75) is 32.0 Å². The lowest BCUT2D eigenvalue weighted by molar-refractivity contribution is -0.384. The summed E-state index contributed by atoms with van der Waals surface area (Å²) in [5, 5.41) is 15.0. The molecule has 8 nitrogen and oxygen atoms in total. The smallest absolute Gasteiger partial charge is 0.269 e. The van der Waals surface area contributed by atoms with E-state index in [1.807, 2.05) is 73.3 Å². The van der Waals surface area contributed by atoms with E-state index in [4.69, 9.17) is 21.4 Å². The maximum Gasteiger partial charge on any atom is 0.269 e. The molecular weight excluding hydrogens is 476 g/mol. The lowest BCUT2D eigenvalue weighted by Gasteiger charge is -2.26. The van der Waals surface area contributed by atoms with E-state index in [9.17, 15) is 10.1 Å². The Morgan fingerprint density at radius 2 is 1.81 bits per heavy atom. The molecule has 3 heterocycles. The van der Waals surface area contributed by atoms with E-state index in [2.05, 4.69) is 10.3 Å². The zero-order valence-corrected chi connectivity index (χ0v) is 20.5. The summed E-state index contributed by atoms with van der Waals surface area (Å²) < 4.78 is 12.1. The van der Waals surface area contributed by atoms with E-state index in [1.165, 1.54) is 12.1 Å². The standard InChI is InChI=1S/C27H24N4O4S/c1-17(2)34-21-12-10-19(11-13-21)30-26(25(29-27(30)36)22-5-3-4-16-28-22)24-15-14-23(35-24)18-6-8-20(9-7-18)31(32)33/h3-17,25-26H,1-2H3,(H,29,36)/t25-,26-/m0/s1. The molecule has 0 aliphatic carbocycles. The van der Waals surface area contributed by atoms with Crippen LogP contribution in [0.3, 0.4) is 0 Å². The molecule has 182 valence electrons. The molecule has 36 heavy (non-hydrogen) atoms. The molecular formula is C27H24N4O4S. The van der Waals surface area contributed by atoms with Crippen molar-refractivity contribution in [1.29, 1.82) is 0 Å². The van der Waals surface area contributed by atoms with Crippen molar-refractivity contribution < 1.29 is 14.1 Å². The minimum absolute atomic E-state index is 0.0298. The average molecular weight is 501 g/mol. The summed E-state index contributed by atoms with van der Waals surface area (Å²) in [6.07, 6.45) is 1.83. The molecule has 9 heteroatoms. The van der Waals surface area contributed by atoms with Gasteiger partial charge in [0.25, 0.3) is 5.69 Å². The van der Waals surface area contributed by atoms with Crippen LogP contribution >= 0.6 is 12.2 Å². The van der Waals surface area contributed by atoms with Gasteiger partial charge < -0.3 is 19.4 Å². The first-order chi connectivity index (χ1) is 17.4. The molecule has 1 aliphatic heterocycles. The second-order valence-corrected chi connectivity index (χ2v) is 9.05. The van der Waals surface area contributed by atoms with Crippen molar-refractivity contribution >= 4 is 28.7 Å². The lowest BCUT2D eigenvalue weighted by atomic mass is 10.0. The van der Waals surface area contributed by atoms with Crippen molar-refractivity contribution in [1.82, 2.24) is 10.3 Å². The van der Waals surface area contributed by atoms with Crippen LogP contribution in [0.15, 0.2) is 89.5 Å². The van der Waals surface area contributed by atoms with Gasteiger partial charge in [0.2, 0.25) is 0 Å². The van der Waals surface area contributed by atoms with E-state index < -0.39 is 4.92 Å². The number of furan rings is 1. The van der Waals surface area contributed by atoms with Crippen LogP contribution in [-0.4, -0.2) is 21.1 Å². The number of thiocarbonyl (C=S) groups is 1. The minimum atomic E-state index is -0.421. The van der Waals surface area contributed by atoms with Crippen LogP contribution < -0.4 is 15.0 Å². The number of benzene rings is 2. The summed E-state index contributed by atoms with van der Waals surface area (Å²) >= 11 is 5.77. The molecule has 1 N–H and O–H groups in total. The summed E-state index contributed by atoms with van der Waals surface area (Å²) in [5.41, 5.74) is 2.50. The molecule has 0 bridgehead atoms. The van der Waals surface area contributed by atoms with E-state index in [1.54, 1.807) is 18.3 Å². The minimum Gasteiger partial charge on any atom is -0.491 e. The van der Waals surface area contributed by atoms with Crippen LogP contribution in [0.5, 0.6) is 5.75 Å². The maximum absolute atomic E-state index is 11.0. The first-order valence-electron chi connectivity index (χ1n) is 11.5. The molecule has 0 radical (unpaired) electrons. The summed E-state index contributed by atoms with van der Waals surface area (Å²) in [5.74, 6) is 2.08. The summed E-state index contributed by atoms with van der Waals surface area (Å²) in [6, 6.07) is 23.1. The third-order valence-corrected chi connectivity index (χ3v) is 6.18. The Bertz CT molecular complexity index is 1370. The van der Waals surface area contributed by atoms with Gasteiger partial charge in [-0.25, -0.2) is 0 Å². The Morgan fingerprint density at radius 3 is 2.44 bits per heavy atom. The first-order valence-corrected chi connectivity index (χ1v) is 11.9. The number of rotatable bonds is 7. The Labute approximate surface area is 213 Å². The average Bonchev–Trinajstić information content (AvgIpc) is 3.49. The second-order valence-electron chi connectivity index (χ2n) is 8.66. The Kier molecular flexibility index (Phi) is 6.39. The molecule has 0 unspecified atom stereocenters. The highest BCUT2D eigenvalue weighted by Gasteiger charge is 2.42. The number of nitro benzene ring substituents is 1. The Hall–Kier alpha value is -4.24. The fourth-order valence-electron chi connectivity index (χ4n) is 4.29. The van der Waals surface area contributed by atoms with Gasteiger partial charge in [0.15, 0.2) is 5.11 Å². The molecule has 2 atom stereocenters. The molecule has 2 aromatic heterocycles. The number of non-ortho nitro benzene ring substituents is 1. The Balaban J connectivity index is 1.52. The Morgan fingerprint density at radius 1 is 1.06 bits per heavy atom. The highest BCUT2D eigenvalue weighted by molar-refractivity contribution is 7.80. The van der Waals surface area contributed by atoms with Crippen LogP contribution in [0.2, 0.25) is 0 Å². The molecule has 1 aliphatic rings. The number of hydrogen-bond donors (Lipinski definition) is 1. The van der Waals surface area contributed by atoms with Crippen molar-refractivity contribution in [3.05, 3.63) is 107 Å². The van der Waals surface area contributed by atoms with E-state index in [-0.39, 0.29) is 23.9 Å². The maximum atomic E-state index is 11.0. The molecule has 2 aromatic carbocycles. The zero-order valence-electron chi connectivity index (χ0n) is 19.7. The molecule has 0 amide bonds. The van der Waals surface area contributed by atoms with Crippen LogP contribution in [0.1, 0.15) is 37.4 Å². The molecule has 4 aromatic rings. The van der Waals surface area contributed by atoms with Gasteiger partial charge in [-0.15, -0.1) is 0 Å². The molecule has 1 fully saturated rings. The van der Waals surface area contributed by atoms with Gasteiger partial charge in [-0.3, -0.25) is 15.1 Å². The first kappa shape index (κ1) is 23.5. The van der Waals surface area contributed by atoms with E-state index >= 15 is 0 Å². The third-order valence-electron chi connectivity index (χ3n) is 5.87. The summed E-state index contributed by atoms with van der Waals surface area (Å²) in [7, 11) is 0. The number of ether oxygens (including phenoxy) is 1. The predicted octanol–water partition coefficient (Wildman–Crippen LogP) is 6.21. The molecule has 0 saturated carbocycles. The fraction of sp³-hybridized carbons (Fsp3) is 0.185. The molecule has 1 saturated heterocycles. The molecule has 5 rings (SSSR count). The zero-order chi connectivity index (χ0) is 25.2. The number of pyridine rings is 1. The van der Waals surface area contributed by atoms with Gasteiger partial charge in [-0.2, -0.15) is 0 Å². The van der Waals surface area contributed by atoms with E-state index in [0.29, 0.717) is 16.6 Å². The largest absolute Gasteiger partial charge is 0.491 e. The van der Waals surface area contributed by atoms with Crippen LogP contribution in [0.25, 0.3) is 11.3 Å². The molecule has 0 spiro atoms. The topological polar surface area (TPSA) is 93.7 Å². The number of nitrogens with zero attached hydrogens (tertiary/aromatic N) is 3. The third kappa shape index (κ3) is 4.65. The number of nitrogens with one attached hydrogen (secondary N) is 1. The van der Waals surface area contributed by atoms with E-state index in [0.717, 1.165) is 22.7 Å². The van der Waals surface area contributed by atoms with Gasteiger partial charge in [0.05, 0.1) is 22.8 Å². The van der Waals surface area contributed by atoms with Gasteiger partial charge in [-0.05, 0) is 86.7 Å².